The van der Waals surface area contributed by atoms with Crippen molar-refractivity contribution in [2.75, 3.05) is 26.4 Å². The van der Waals surface area contributed by atoms with Crippen molar-refractivity contribution in [2.24, 2.45) is 5.73 Å². The molecule has 4 nitrogen and oxygen atoms in total. The average molecular weight is 378 g/mol. The standard InChI is InChI=1S/C21H28ClNO3/c1-5-24-19-13-17(8-9-23)12-18(22)21(19)26-11-10-25-20-15(3)7-6-14(2)16(20)4/h6-7,12-13H,5,8-11,23H2,1-4H3. The molecule has 0 unspecified atom stereocenters. The van der Waals surface area contributed by atoms with Gasteiger partial charge in [-0.15, -0.1) is 0 Å². The van der Waals surface area contributed by atoms with Crippen LogP contribution in [0.3, 0.4) is 0 Å². The van der Waals surface area contributed by atoms with Gasteiger partial charge in [-0.05, 0) is 75.0 Å². The molecule has 0 fully saturated rings. The van der Waals surface area contributed by atoms with Crippen molar-refractivity contribution in [3.8, 4) is 17.2 Å². The van der Waals surface area contributed by atoms with Gasteiger partial charge in [-0.3, -0.25) is 0 Å². The smallest absolute Gasteiger partial charge is 0.179 e. The highest BCUT2D eigenvalue weighted by Gasteiger charge is 2.13. The Morgan fingerprint density at radius 3 is 2.23 bits per heavy atom. The second kappa shape index (κ2) is 9.70. The van der Waals surface area contributed by atoms with E-state index in [0.29, 0.717) is 42.9 Å². The molecule has 0 spiro atoms. The van der Waals surface area contributed by atoms with Gasteiger partial charge in [0.25, 0.3) is 0 Å². The number of rotatable bonds is 9. The average Bonchev–Trinajstić information content (AvgIpc) is 2.60. The molecule has 26 heavy (non-hydrogen) atoms. The van der Waals surface area contributed by atoms with Gasteiger partial charge in [0.2, 0.25) is 0 Å². The van der Waals surface area contributed by atoms with E-state index >= 15 is 0 Å². The lowest BCUT2D eigenvalue weighted by atomic mass is 10.1. The molecule has 0 radical (unpaired) electrons. The number of nitrogens with two attached hydrogens (primary N) is 1. The first-order valence-electron chi connectivity index (χ1n) is 8.95. The Morgan fingerprint density at radius 1 is 0.923 bits per heavy atom. The summed E-state index contributed by atoms with van der Waals surface area (Å²) in [6.45, 7) is 10.0. The lowest BCUT2D eigenvalue weighted by molar-refractivity contribution is 0.207. The highest BCUT2D eigenvalue weighted by Crippen LogP contribution is 2.37. The third-order valence-electron chi connectivity index (χ3n) is 4.25. The van der Waals surface area contributed by atoms with E-state index in [1.54, 1.807) is 0 Å². The monoisotopic (exact) mass is 377 g/mol. The molecule has 0 amide bonds. The summed E-state index contributed by atoms with van der Waals surface area (Å²) >= 11 is 6.39. The van der Waals surface area contributed by atoms with Crippen LogP contribution in [0.1, 0.15) is 29.2 Å². The zero-order chi connectivity index (χ0) is 19.1. The molecule has 2 aromatic rings. The van der Waals surface area contributed by atoms with Crippen LogP contribution < -0.4 is 19.9 Å². The quantitative estimate of drug-likeness (QED) is 0.647. The topological polar surface area (TPSA) is 53.7 Å². The Kier molecular flexibility index (Phi) is 7.61. The van der Waals surface area contributed by atoms with Crippen molar-refractivity contribution in [3.05, 3.63) is 51.5 Å². The molecule has 0 saturated carbocycles. The van der Waals surface area contributed by atoms with Gasteiger partial charge in [0, 0.05) is 0 Å². The highest BCUT2D eigenvalue weighted by molar-refractivity contribution is 6.32. The maximum atomic E-state index is 6.39. The Labute approximate surface area is 161 Å². The zero-order valence-corrected chi connectivity index (χ0v) is 16.8. The minimum Gasteiger partial charge on any atom is -0.490 e. The van der Waals surface area contributed by atoms with Crippen LogP contribution in [0.4, 0.5) is 0 Å². The van der Waals surface area contributed by atoms with E-state index < -0.39 is 0 Å². The summed E-state index contributed by atoms with van der Waals surface area (Å²) in [5.41, 5.74) is 10.2. The molecule has 0 aromatic heterocycles. The number of aryl methyl sites for hydroxylation is 2. The molecule has 0 aliphatic rings. The summed E-state index contributed by atoms with van der Waals surface area (Å²) in [6, 6.07) is 7.99. The summed E-state index contributed by atoms with van der Waals surface area (Å²) in [4.78, 5) is 0. The van der Waals surface area contributed by atoms with Crippen LogP contribution in [0.15, 0.2) is 24.3 Å². The molecule has 0 saturated heterocycles. The van der Waals surface area contributed by atoms with Crippen LogP contribution >= 0.6 is 11.6 Å². The number of halogens is 1. The van der Waals surface area contributed by atoms with Gasteiger partial charge in [-0.25, -0.2) is 0 Å². The summed E-state index contributed by atoms with van der Waals surface area (Å²) < 4.78 is 17.5. The van der Waals surface area contributed by atoms with Crippen molar-refractivity contribution >= 4 is 11.6 Å². The first-order chi connectivity index (χ1) is 12.5. The van der Waals surface area contributed by atoms with E-state index in [1.165, 1.54) is 5.56 Å². The van der Waals surface area contributed by atoms with Gasteiger partial charge < -0.3 is 19.9 Å². The minimum absolute atomic E-state index is 0.378. The summed E-state index contributed by atoms with van der Waals surface area (Å²) in [5, 5.41) is 0.530. The highest BCUT2D eigenvalue weighted by atomic mass is 35.5. The van der Waals surface area contributed by atoms with E-state index in [0.717, 1.165) is 28.9 Å². The maximum Gasteiger partial charge on any atom is 0.179 e. The Morgan fingerprint density at radius 2 is 1.58 bits per heavy atom. The molecule has 0 atom stereocenters. The minimum atomic E-state index is 0.378. The second-order valence-corrected chi connectivity index (χ2v) is 6.63. The first-order valence-corrected chi connectivity index (χ1v) is 9.33. The van der Waals surface area contributed by atoms with Crippen LogP contribution in [0.25, 0.3) is 0 Å². The molecule has 2 N–H and O–H groups in total. The molecule has 5 heteroatoms. The third kappa shape index (κ3) is 5.05. The summed E-state index contributed by atoms with van der Waals surface area (Å²) in [7, 11) is 0. The molecule has 0 heterocycles. The van der Waals surface area contributed by atoms with Gasteiger partial charge >= 0.3 is 0 Å². The van der Waals surface area contributed by atoms with Crippen LogP contribution in [-0.2, 0) is 6.42 Å². The predicted octanol–water partition coefficient (Wildman–Crippen LogP) is 4.62. The number of benzene rings is 2. The van der Waals surface area contributed by atoms with Crippen LogP contribution in [-0.4, -0.2) is 26.4 Å². The molecule has 0 bridgehead atoms. The van der Waals surface area contributed by atoms with Gasteiger partial charge in [-0.1, -0.05) is 23.7 Å². The van der Waals surface area contributed by atoms with Gasteiger partial charge in [0.1, 0.15) is 19.0 Å². The van der Waals surface area contributed by atoms with E-state index in [4.69, 9.17) is 31.5 Å². The van der Waals surface area contributed by atoms with Crippen molar-refractivity contribution in [1.82, 2.24) is 0 Å². The predicted molar refractivity (Wildman–Crippen MR) is 107 cm³/mol. The van der Waals surface area contributed by atoms with Crippen molar-refractivity contribution in [3.63, 3.8) is 0 Å². The van der Waals surface area contributed by atoms with E-state index in [1.807, 2.05) is 26.0 Å². The number of ether oxygens (including phenoxy) is 3. The van der Waals surface area contributed by atoms with Crippen LogP contribution in [0.5, 0.6) is 17.2 Å². The number of hydrogen-bond acceptors (Lipinski definition) is 4. The molecule has 0 aliphatic heterocycles. The SMILES string of the molecule is CCOc1cc(CCN)cc(Cl)c1OCCOc1c(C)ccc(C)c1C. The van der Waals surface area contributed by atoms with E-state index in [-0.39, 0.29) is 0 Å². The maximum absolute atomic E-state index is 6.39. The van der Waals surface area contributed by atoms with Crippen molar-refractivity contribution < 1.29 is 14.2 Å². The Hall–Kier alpha value is -1.91. The zero-order valence-electron chi connectivity index (χ0n) is 16.0. The first kappa shape index (κ1) is 20.4. The third-order valence-corrected chi connectivity index (χ3v) is 4.53. The fourth-order valence-corrected chi connectivity index (χ4v) is 3.06. The van der Waals surface area contributed by atoms with E-state index in [9.17, 15) is 0 Å². The molecular weight excluding hydrogens is 350 g/mol. The van der Waals surface area contributed by atoms with Crippen LogP contribution in [0, 0.1) is 20.8 Å². The fraction of sp³-hybridized carbons (Fsp3) is 0.429. The Balaban J connectivity index is 2.04. The lowest BCUT2D eigenvalue weighted by Crippen LogP contribution is -2.12. The summed E-state index contributed by atoms with van der Waals surface area (Å²) in [6.07, 6.45) is 0.745. The fourth-order valence-electron chi connectivity index (χ4n) is 2.77. The largest absolute Gasteiger partial charge is 0.490 e. The van der Waals surface area contributed by atoms with Crippen LogP contribution in [0.2, 0.25) is 5.02 Å². The van der Waals surface area contributed by atoms with E-state index in [2.05, 4.69) is 26.0 Å². The van der Waals surface area contributed by atoms with Crippen molar-refractivity contribution in [1.29, 1.82) is 0 Å². The number of hydrogen-bond donors (Lipinski definition) is 1. The Bertz CT molecular complexity index is 747. The lowest BCUT2D eigenvalue weighted by Gasteiger charge is -2.17. The molecular formula is C21H28ClNO3. The normalized spacial score (nSPS) is 10.7. The van der Waals surface area contributed by atoms with Gasteiger partial charge in [-0.2, -0.15) is 0 Å². The molecule has 0 aliphatic carbocycles. The molecule has 2 aromatic carbocycles. The van der Waals surface area contributed by atoms with Gasteiger partial charge in [0.15, 0.2) is 11.5 Å². The molecule has 142 valence electrons. The second-order valence-electron chi connectivity index (χ2n) is 6.23. The molecule has 2 rings (SSSR count). The summed E-state index contributed by atoms with van der Waals surface area (Å²) in [5.74, 6) is 2.12. The van der Waals surface area contributed by atoms with Gasteiger partial charge in [0.05, 0.1) is 11.6 Å². The van der Waals surface area contributed by atoms with Crippen molar-refractivity contribution in [2.45, 2.75) is 34.1 Å².